The smallest absolute Gasteiger partial charge is 0.0546 e. The summed E-state index contributed by atoms with van der Waals surface area (Å²) in [5.41, 5.74) is 17.5. The largest absolute Gasteiger partial charge is 0.310 e. The van der Waals surface area contributed by atoms with E-state index in [1.54, 1.807) is 0 Å². The highest BCUT2D eigenvalue weighted by Crippen LogP contribution is 2.45. The van der Waals surface area contributed by atoms with Crippen molar-refractivity contribution in [1.29, 1.82) is 0 Å². The predicted octanol–water partition coefficient (Wildman–Crippen LogP) is 17.5. The maximum Gasteiger partial charge on any atom is 0.0546 e. The second-order valence-corrected chi connectivity index (χ2v) is 16.1. The van der Waals surface area contributed by atoms with Gasteiger partial charge < -0.3 is 4.90 Å². The molecule has 296 valence electrons. The highest BCUT2D eigenvalue weighted by molar-refractivity contribution is 5.98. The Hall–Kier alpha value is -8.26. The Morgan fingerprint density at radius 1 is 0.206 bits per heavy atom. The topological polar surface area (TPSA) is 3.24 Å². The zero-order valence-electron chi connectivity index (χ0n) is 34.8. The van der Waals surface area contributed by atoms with Crippen molar-refractivity contribution in [2.45, 2.75) is 0 Å². The van der Waals surface area contributed by atoms with Gasteiger partial charge in [-0.1, -0.05) is 218 Å². The second kappa shape index (κ2) is 16.7. The molecule has 0 heterocycles. The number of fused-ring (bicyclic) bond motifs is 2. The summed E-state index contributed by atoms with van der Waals surface area (Å²) in [6, 6.07) is 94.7. The third-order valence-corrected chi connectivity index (χ3v) is 12.3. The van der Waals surface area contributed by atoms with Crippen LogP contribution in [0.3, 0.4) is 0 Å². The number of hydrogen-bond donors (Lipinski definition) is 0. The lowest BCUT2D eigenvalue weighted by molar-refractivity contribution is 1.28. The monoisotopic (exact) mass is 801 g/mol. The molecule has 0 spiro atoms. The Morgan fingerprint density at radius 3 is 1.32 bits per heavy atom. The van der Waals surface area contributed by atoms with Crippen molar-refractivity contribution >= 4 is 38.6 Å². The van der Waals surface area contributed by atoms with Crippen molar-refractivity contribution in [2.75, 3.05) is 4.90 Å². The molecule has 0 unspecified atom stereocenters. The molecule has 1 heteroatoms. The first kappa shape index (κ1) is 37.7. The van der Waals surface area contributed by atoms with Gasteiger partial charge >= 0.3 is 0 Å². The third-order valence-electron chi connectivity index (χ3n) is 12.3. The Morgan fingerprint density at radius 2 is 0.651 bits per heavy atom. The van der Waals surface area contributed by atoms with E-state index in [1.807, 2.05) is 0 Å². The molecule has 63 heavy (non-hydrogen) atoms. The second-order valence-electron chi connectivity index (χ2n) is 16.1. The van der Waals surface area contributed by atoms with Gasteiger partial charge in [0, 0.05) is 16.9 Å². The van der Waals surface area contributed by atoms with E-state index in [9.17, 15) is 0 Å². The van der Waals surface area contributed by atoms with Gasteiger partial charge in [0.2, 0.25) is 0 Å². The summed E-state index contributed by atoms with van der Waals surface area (Å²) in [5, 5.41) is 4.96. The molecule has 11 aromatic rings. The number of benzene rings is 11. The molecule has 1 nitrogen and oxygen atoms in total. The van der Waals surface area contributed by atoms with Gasteiger partial charge in [0.15, 0.2) is 0 Å². The van der Waals surface area contributed by atoms with Crippen LogP contribution < -0.4 is 4.90 Å². The van der Waals surface area contributed by atoms with Crippen LogP contribution in [0.1, 0.15) is 0 Å². The molecular formula is C62H43N. The van der Waals surface area contributed by atoms with E-state index in [1.165, 1.54) is 71.6 Å². The summed E-state index contributed by atoms with van der Waals surface area (Å²) < 4.78 is 0. The van der Waals surface area contributed by atoms with Gasteiger partial charge in [-0.25, -0.2) is 0 Å². The molecule has 0 N–H and O–H groups in total. The minimum absolute atomic E-state index is 1.08. The molecule has 0 amide bonds. The summed E-state index contributed by atoms with van der Waals surface area (Å²) >= 11 is 0. The van der Waals surface area contributed by atoms with Crippen molar-refractivity contribution < 1.29 is 0 Å². The SMILES string of the molecule is c1ccc(-c2ccc(-c3ccc(N(c4ccc(-c5cccc6ccccc56)cc4)c4cc(-c5ccc6ccccc6c5)ccc4-c4ccccc4)cc3)cc2-c2ccccc2)cc1. The normalized spacial score (nSPS) is 11.2. The molecule has 0 saturated carbocycles. The standard InChI is InChI=1S/C62H43N/c1-4-16-46(17-5-1)59-39-33-53(42-61(59)49-20-8-3-9-21-49)45-29-35-55(36-30-45)63(56-37-31-50(32-38-56)58-26-14-24-47-22-12-13-25-57(47)58)62-43-54(34-40-60(62)48-18-6-2-7-19-48)52-28-27-44-15-10-11-23-51(44)41-52/h1-43H. The van der Waals surface area contributed by atoms with E-state index in [0.29, 0.717) is 0 Å². The highest BCUT2D eigenvalue weighted by atomic mass is 15.1. The van der Waals surface area contributed by atoms with Crippen LogP contribution in [0, 0.1) is 0 Å². The maximum atomic E-state index is 2.43. The van der Waals surface area contributed by atoms with Gasteiger partial charge in [-0.15, -0.1) is 0 Å². The van der Waals surface area contributed by atoms with Crippen molar-refractivity contribution in [3.8, 4) is 66.8 Å². The van der Waals surface area contributed by atoms with Crippen LogP contribution in [0.2, 0.25) is 0 Å². The summed E-state index contributed by atoms with van der Waals surface area (Å²) in [4.78, 5) is 2.43. The van der Waals surface area contributed by atoms with Crippen molar-refractivity contribution in [2.24, 2.45) is 0 Å². The number of hydrogen-bond acceptors (Lipinski definition) is 1. The lowest BCUT2D eigenvalue weighted by atomic mass is 9.91. The molecule has 0 bridgehead atoms. The Balaban J connectivity index is 1.06. The van der Waals surface area contributed by atoms with E-state index >= 15 is 0 Å². The lowest BCUT2D eigenvalue weighted by Crippen LogP contribution is -2.11. The van der Waals surface area contributed by atoms with Gasteiger partial charge in [0.25, 0.3) is 0 Å². The average Bonchev–Trinajstić information content (AvgIpc) is 3.37. The van der Waals surface area contributed by atoms with Crippen molar-refractivity contribution in [3.63, 3.8) is 0 Å². The quantitative estimate of drug-likeness (QED) is 0.141. The molecule has 0 saturated heterocycles. The third kappa shape index (κ3) is 7.47. The van der Waals surface area contributed by atoms with Crippen molar-refractivity contribution in [3.05, 3.63) is 261 Å². The van der Waals surface area contributed by atoms with Crippen LogP contribution >= 0.6 is 0 Å². The number of rotatable bonds is 9. The fourth-order valence-electron chi connectivity index (χ4n) is 9.07. The first-order chi connectivity index (χ1) is 31.2. The molecule has 0 aliphatic carbocycles. The summed E-state index contributed by atoms with van der Waals surface area (Å²) in [6.07, 6.45) is 0. The highest BCUT2D eigenvalue weighted by Gasteiger charge is 2.20. The average molecular weight is 802 g/mol. The molecular weight excluding hydrogens is 759 g/mol. The molecule has 11 rings (SSSR count). The van der Waals surface area contributed by atoms with Crippen LogP contribution in [-0.4, -0.2) is 0 Å². The van der Waals surface area contributed by atoms with Crippen LogP contribution in [0.4, 0.5) is 17.1 Å². The van der Waals surface area contributed by atoms with Gasteiger partial charge in [0.05, 0.1) is 5.69 Å². The molecule has 0 atom stereocenters. The van der Waals surface area contributed by atoms with E-state index in [2.05, 4.69) is 266 Å². The fourth-order valence-corrected chi connectivity index (χ4v) is 9.07. The minimum Gasteiger partial charge on any atom is -0.310 e. The molecule has 0 aliphatic heterocycles. The first-order valence-electron chi connectivity index (χ1n) is 21.7. The van der Waals surface area contributed by atoms with Crippen molar-refractivity contribution in [1.82, 2.24) is 0 Å². The van der Waals surface area contributed by atoms with E-state index < -0.39 is 0 Å². The minimum atomic E-state index is 1.08. The Labute approximate surface area is 369 Å². The van der Waals surface area contributed by atoms with Gasteiger partial charge in [0.1, 0.15) is 0 Å². The molecule has 0 fully saturated rings. The van der Waals surface area contributed by atoms with E-state index in [-0.39, 0.29) is 0 Å². The predicted molar refractivity (Wildman–Crippen MR) is 269 cm³/mol. The van der Waals surface area contributed by atoms with Gasteiger partial charge in [-0.3, -0.25) is 0 Å². The Kier molecular flexibility index (Phi) is 9.97. The van der Waals surface area contributed by atoms with Gasteiger partial charge in [-0.2, -0.15) is 0 Å². The Bertz CT molecular complexity index is 3350. The van der Waals surface area contributed by atoms with E-state index in [0.717, 1.165) is 33.8 Å². The summed E-state index contributed by atoms with van der Waals surface area (Å²) in [6.45, 7) is 0. The summed E-state index contributed by atoms with van der Waals surface area (Å²) in [7, 11) is 0. The number of nitrogens with zero attached hydrogens (tertiary/aromatic N) is 1. The molecule has 0 aliphatic rings. The van der Waals surface area contributed by atoms with Crippen LogP contribution in [-0.2, 0) is 0 Å². The van der Waals surface area contributed by atoms with Crippen LogP contribution in [0.15, 0.2) is 261 Å². The van der Waals surface area contributed by atoms with E-state index in [4.69, 9.17) is 0 Å². The number of anilines is 3. The lowest BCUT2D eigenvalue weighted by Gasteiger charge is -2.29. The zero-order valence-corrected chi connectivity index (χ0v) is 34.8. The molecule has 0 aromatic heterocycles. The molecule has 0 radical (unpaired) electrons. The maximum absolute atomic E-state index is 2.43. The fraction of sp³-hybridized carbons (Fsp3) is 0. The first-order valence-corrected chi connectivity index (χ1v) is 21.7. The van der Waals surface area contributed by atoms with Gasteiger partial charge in [-0.05, 0) is 125 Å². The zero-order chi connectivity index (χ0) is 42.0. The van der Waals surface area contributed by atoms with Crippen LogP contribution in [0.5, 0.6) is 0 Å². The van der Waals surface area contributed by atoms with Crippen LogP contribution in [0.25, 0.3) is 88.3 Å². The molecule has 11 aromatic carbocycles. The summed E-state index contributed by atoms with van der Waals surface area (Å²) in [5.74, 6) is 0.